The zero-order chi connectivity index (χ0) is 16.1. The number of pyridine rings is 1. The van der Waals surface area contributed by atoms with Crippen molar-refractivity contribution in [1.29, 1.82) is 0 Å². The molecule has 2 aromatic carbocycles. The van der Waals surface area contributed by atoms with Gasteiger partial charge in [0.1, 0.15) is 11.6 Å². The summed E-state index contributed by atoms with van der Waals surface area (Å²) in [6.45, 7) is 0.822. The highest BCUT2D eigenvalue weighted by molar-refractivity contribution is 5.85. The van der Waals surface area contributed by atoms with Crippen molar-refractivity contribution in [2.75, 3.05) is 17.2 Å². The van der Waals surface area contributed by atoms with E-state index in [4.69, 9.17) is 0 Å². The minimum absolute atomic E-state index is 0.0750. The summed E-state index contributed by atoms with van der Waals surface area (Å²) in [5.41, 5.74) is 5.86. The van der Waals surface area contributed by atoms with E-state index < -0.39 is 0 Å². The van der Waals surface area contributed by atoms with Gasteiger partial charge in [-0.05, 0) is 35.4 Å². The number of nitrogens with one attached hydrogen (secondary N) is 2. The van der Waals surface area contributed by atoms with Crippen LogP contribution in [0.3, 0.4) is 0 Å². The first-order chi connectivity index (χ1) is 11.8. The van der Waals surface area contributed by atoms with E-state index in [-0.39, 0.29) is 17.8 Å². The van der Waals surface area contributed by atoms with Crippen LogP contribution >= 0.6 is 0 Å². The highest BCUT2D eigenvalue weighted by Gasteiger charge is 2.36. The Morgan fingerprint density at radius 3 is 2.67 bits per heavy atom. The standard InChI is InChI=1S/C20H16FN3/c21-13-7-5-12(6-8-13)19-16-11-23-20-18(16)15(9-10-22-20)14-3-1-2-4-17(14)24-19/h1-10,16,19,24H,11H2,(H,22,23). The Bertz CT molecular complexity index is 920. The molecule has 1 aromatic heterocycles. The minimum atomic E-state index is -0.208. The summed E-state index contributed by atoms with van der Waals surface area (Å²) in [7, 11) is 0. The number of aromatic nitrogens is 1. The Morgan fingerprint density at radius 1 is 0.958 bits per heavy atom. The van der Waals surface area contributed by atoms with Gasteiger partial charge in [0.15, 0.2) is 0 Å². The van der Waals surface area contributed by atoms with Crippen LogP contribution in [0.15, 0.2) is 60.8 Å². The van der Waals surface area contributed by atoms with Crippen LogP contribution in [0.1, 0.15) is 23.1 Å². The minimum Gasteiger partial charge on any atom is -0.377 e. The van der Waals surface area contributed by atoms with E-state index in [9.17, 15) is 4.39 Å². The number of anilines is 2. The molecule has 0 saturated heterocycles. The maximum Gasteiger partial charge on any atom is 0.130 e. The molecule has 0 amide bonds. The van der Waals surface area contributed by atoms with E-state index in [0.717, 1.165) is 23.6 Å². The lowest BCUT2D eigenvalue weighted by Gasteiger charge is -2.25. The number of benzene rings is 2. The third-order valence-corrected chi connectivity index (χ3v) is 5.01. The van der Waals surface area contributed by atoms with Gasteiger partial charge < -0.3 is 10.6 Å². The SMILES string of the molecule is Fc1ccc(C2Nc3ccccc3-c3ccnc4c3C2CN4)cc1. The van der Waals surface area contributed by atoms with E-state index in [0.29, 0.717) is 0 Å². The Balaban J connectivity index is 1.75. The second-order valence-corrected chi connectivity index (χ2v) is 6.33. The highest BCUT2D eigenvalue weighted by Crippen LogP contribution is 2.49. The van der Waals surface area contributed by atoms with Crippen LogP contribution in [-0.2, 0) is 0 Å². The fourth-order valence-corrected chi connectivity index (χ4v) is 3.92. The topological polar surface area (TPSA) is 37.0 Å². The molecule has 0 fully saturated rings. The summed E-state index contributed by atoms with van der Waals surface area (Å²) in [6.07, 6.45) is 1.86. The van der Waals surface area contributed by atoms with Crippen molar-refractivity contribution < 1.29 is 4.39 Å². The van der Waals surface area contributed by atoms with Gasteiger partial charge in [0.05, 0.1) is 6.04 Å². The molecular weight excluding hydrogens is 301 g/mol. The largest absolute Gasteiger partial charge is 0.377 e. The summed E-state index contributed by atoms with van der Waals surface area (Å²) < 4.78 is 13.4. The molecule has 2 unspecified atom stereocenters. The van der Waals surface area contributed by atoms with Crippen molar-refractivity contribution in [1.82, 2.24) is 4.98 Å². The van der Waals surface area contributed by atoms with E-state index in [1.165, 1.54) is 28.8 Å². The van der Waals surface area contributed by atoms with Gasteiger partial charge in [0.25, 0.3) is 0 Å². The third-order valence-electron chi connectivity index (χ3n) is 5.01. The molecule has 2 atom stereocenters. The second kappa shape index (κ2) is 5.06. The molecule has 0 spiro atoms. The van der Waals surface area contributed by atoms with Crippen LogP contribution in [0.25, 0.3) is 11.1 Å². The summed E-state index contributed by atoms with van der Waals surface area (Å²) in [5.74, 6) is 1.00. The second-order valence-electron chi connectivity index (χ2n) is 6.33. The number of halogens is 1. The van der Waals surface area contributed by atoms with Crippen molar-refractivity contribution in [3.8, 4) is 11.1 Å². The van der Waals surface area contributed by atoms with Crippen LogP contribution in [0.4, 0.5) is 15.9 Å². The van der Waals surface area contributed by atoms with Gasteiger partial charge in [-0.15, -0.1) is 0 Å². The lowest BCUT2D eigenvalue weighted by atomic mass is 9.87. The summed E-state index contributed by atoms with van der Waals surface area (Å²) in [6, 6.07) is 17.3. The van der Waals surface area contributed by atoms with Gasteiger partial charge >= 0.3 is 0 Å². The Kier molecular flexibility index (Phi) is 2.86. The molecule has 3 nitrogen and oxygen atoms in total. The van der Waals surface area contributed by atoms with Gasteiger partial charge in [0, 0.05) is 35.5 Å². The van der Waals surface area contributed by atoms with Crippen LogP contribution in [0.2, 0.25) is 0 Å². The number of nitrogens with zero attached hydrogens (tertiary/aromatic N) is 1. The molecule has 0 aliphatic carbocycles. The normalized spacial score (nSPS) is 20.4. The molecule has 2 N–H and O–H groups in total. The fraction of sp³-hybridized carbons (Fsp3) is 0.150. The van der Waals surface area contributed by atoms with Crippen LogP contribution in [0.5, 0.6) is 0 Å². The number of rotatable bonds is 1. The maximum atomic E-state index is 13.4. The smallest absolute Gasteiger partial charge is 0.130 e. The maximum absolute atomic E-state index is 13.4. The average molecular weight is 317 g/mol. The first kappa shape index (κ1) is 13.5. The fourth-order valence-electron chi connectivity index (χ4n) is 3.92. The van der Waals surface area contributed by atoms with E-state index >= 15 is 0 Å². The van der Waals surface area contributed by atoms with Crippen molar-refractivity contribution in [2.45, 2.75) is 12.0 Å². The Labute approximate surface area is 139 Å². The Hall–Kier alpha value is -2.88. The quantitative estimate of drug-likeness (QED) is 0.690. The molecule has 2 aliphatic rings. The molecule has 3 heterocycles. The number of para-hydroxylation sites is 1. The zero-order valence-corrected chi connectivity index (χ0v) is 13.0. The summed E-state index contributed by atoms with van der Waals surface area (Å²) in [4.78, 5) is 4.51. The third kappa shape index (κ3) is 1.92. The molecule has 0 radical (unpaired) electrons. The van der Waals surface area contributed by atoms with Gasteiger partial charge in [-0.25, -0.2) is 9.37 Å². The average Bonchev–Trinajstić information content (AvgIpc) is 2.98. The van der Waals surface area contributed by atoms with Crippen molar-refractivity contribution in [3.05, 3.63) is 77.7 Å². The van der Waals surface area contributed by atoms with Crippen LogP contribution in [-0.4, -0.2) is 11.5 Å². The summed E-state index contributed by atoms with van der Waals surface area (Å²) in [5, 5.41) is 7.11. The molecule has 5 rings (SSSR count). The monoisotopic (exact) mass is 317 g/mol. The number of hydrogen-bond donors (Lipinski definition) is 2. The molecule has 118 valence electrons. The van der Waals surface area contributed by atoms with E-state index in [1.807, 2.05) is 24.4 Å². The molecule has 4 heteroatoms. The lowest BCUT2D eigenvalue weighted by molar-refractivity contribution is 0.616. The predicted octanol–water partition coefficient (Wildman–Crippen LogP) is 4.56. The predicted molar refractivity (Wildman–Crippen MR) is 93.7 cm³/mol. The molecular formula is C20H16FN3. The highest BCUT2D eigenvalue weighted by atomic mass is 19.1. The number of hydrogen-bond acceptors (Lipinski definition) is 3. The molecule has 3 aromatic rings. The molecule has 0 saturated carbocycles. The van der Waals surface area contributed by atoms with Gasteiger partial charge in [-0.2, -0.15) is 0 Å². The first-order valence-corrected chi connectivity index (χ1v) is 8.15. The van der Waals surface area contributed by atoms with E-state index in [2.05, 4.69) is 39.9 Å². The van der Waals surface area contributed by atoms with Gasteiger partial charge in [-0.1, -0.05) is 30.3 Å². The van der Waals surface area contributed by atoms with Crippen LogP contribution in [0, 0.1) is 5.82 Å². The van der Waals surface area contributed by atoms with Gasteiger partial charge in [0.2, 0.25) is 0 Å². The molecule has 2 aliphatic heterocycles. The van der Waals surface area contributed by atoms with Crippen molar-refractivity contribution in [3.63, 3.8) is 0 Å². The Morgan fingerprint density at radius 2 is 1.79 bits per heavy atom. The first-order valence-electron chi connectivity index (χ1n) is 8.15. The zero-order valence-electron chi connectivity index (χ0n) is 13.0. The van der Waals surface area contributed by atoms with Gasteiger partial charge in [-0.3, -0.25) is 0 Å². The van der Waals surface area contributed by atoms with Crippen molar-refractivity contribution >= 4 is 11.5 Å². The lowest BCUT2D eigenvalue weighted by Crippen LogP contribution is -2.20. The number of fused-ring (bicyclic) bond motifs is 2. The molecule has 24 heavy (non-hydrogen) atoms. The van der Waals surface area contributed by atoms with Crippen molar-refractivity contribution in [2.24, 2.45) is 0 Å². The van der Waals surface area contributed by atoms with Crippen LogP contribution < -0.4 is 10.6 Å². The summed E-state index contributed by atoms with van der Waals surface area (Å²) >= 11 is 0. The molecule has 0 bridgehead atoms. The van der Waals surface area contributed by atoms with E-state index in [1.54, 1.807) is 0 Å².